The summed E-state index contributed by atoms with van der Waals surface area (Å²) < 4.78 is 7.16. The van der Waals surface area contributed by atoms with E-state index in [2.05, 4.69) is 0 Å². The molecule has 0 saturated heterocycles. The first kappa shape index (κ1) is 7.98. The molecule has 0 amide bonds. The highest BCUT2D eigenvalue weighted by atomic mass is 16.5. The van der Waals surface area contributed by atoms with Crippen molar-refractivity contribution in [1.82, 2.24) is 4.57 Å². The Hall–Kier alpha value is -1.64. The van der Waals surface area contributed by atoms with Crippen molar-refractivity contribution in [2.75, 3.05) is 12.8 Å². The Morgan fingerprint density at radius 3 is 2.85 bits per heavy atom. The van der Waals surface area contributed by atoms with E-state index in [-0.39, 0.29) is 0 Å². The average Bonchev–Trinajstić information content (AvgIpc) is 2.47. The number of hydrogen-bond donors (Lipinski definition) is 1. The molecule has 0 atom stereocenters. The second kappa shape index (κ2) is 2.69. The van der Waals surface area contributed by atoms with Gasteiger partial charge >= 0.3 is 0 Å². The Balaban J connectivity index is 2.76. The summed E-state index contributed by atoms with van der Waals surface area (Å²) in [5.74, 6) is 0.735. The summed E-state index contributed by atoms with van der Waals surface area (Å²) in [7, 11) is 3.62. The lowest BCUT2D eigenvalue weighted by Crippen LogP contribution is -1.93. The first-order valence-electron chi connectivity index (χ1n) is 4.11. The molecule has 0 saturated carbocycles. The number of aryl methyl sites for hydroxylation is 1. The number of fused-ring (bicyclic) bond motifs is 1. The van der Waals surface area contributed by atoms with Crippen molar-refractivity contribution in [3.8, 4) is 5.75 Å². The summed E-state index contributed by atoms with van der Waals surface area (Å²) >= 11 is 0. The second-order valence-corrected chi connectivity index (χ2v) is 3.08. The molecule has 2 rings (SSSR count). The van der Waals surface area contributed by atoms with E-state index in [1.165, 1.54) is 0 Å². The van der Waals surface area contributed by atoms with Gasteiger partial charge in [-0.1, -0.05) is 0 Å². The summed E-state index contributed by atoms with van der Waals surface area (Å²) in [6, 6.07) is 5.91. The van der Waals surface area contributed by atoms with Crippen molar-refractivity contribution < 1.29 is 4.74 Å². The Labute approximate surface area is 76.7 Å². The molecular weight excluding hydrogens is 164 g/mol. The number of nitrogens with zero attached hydrogens (tertiary/aromatic N) is 1. The maximum Gasteiger partial charge on any atom is 0.142 e. The molecular formula is C10H12N2O. The molecule has 0 aliphatic carbocycles. The third kappa shape index (κ3) is 1.13. The fourth-order valence-electron chi connectivity index (χ4n) is 1.49. The van der Waals surface area contributed by atoms with Crippen molar-refractivity contribution in [3.63, 3.8) is 0 Å². The van der Waals surface area contributed by atoms with Crippen LogP contribution in [0, 0.1) is 0 Å². The number of nitrogens with two attached hydrogens (primary N) is 1. The quantitative estimate of drug-likeness (QED) is 0.673. The Morgan fingerprint density at radius 1 is 1.38 bits per heavy atom. The van der Waals surface area contributed by atoms with E-state index in [0.29, 0.717) is 5.69 Å². The van der Waals surface area contributed by atoms with Gasteiger partial charge in [-0.3, -0.25) is 0 Å². The molecule has 0 fully saturated rings. The van der Waals surface area contributed by atoms with Gasteiger partial charge in [-0.25, -0.2) is 0 Å². The summed E-state index contributed by atoms with van der Waals surface area (Å²) in [4.78, 5) is 0. The number of hydrogen-bond acceptors (Lipinski definition) is 2. The first-order valence-corrected chi connectivity index (χ1v) is 4.11. The third-order valence-corrected chi connectivity index (χ3v) is 2.24. The van der Waals surface area contributed by atoms with Gasteiger partial charge in [0.1, 0.15) is 5.75 Å². The van der Waals surface area contributed by atoms with Crippen LogP contribution in [0.3, 0.4) is 0 Å². The maximum absolute atomic E-state index is 5.79. The van der Waals surface area contributed by atoms with E-state index < -0.39 is 0 Å². The zero-order valence-corrected chi connectivity index (χ0v) is 7.74. The smallest absolute Gasteiger partial charge is 0.142 e. The minimum atomic E-state index is 0.678. The molecule has 0 aliphatic rings. The van der Waals surface area contributed by atoms with Crippen molar-refractivity contribution in [2.24, 2.45) is 7.05 Å². The minimum Gasteiger partial charge on any atom is -0.495 e. The fourth-order valence-corrected chi connectivity index (χ4v) is 1.49. The third-order valence-electron chi connectivity index (χ3n) is 2.24. The van der Waals surface area contributed by atoms with Gasteiger partial charge in [0.25, 0.3) is 0 Å². The molecule has 2 aromatic rings. The fraction of sp³-hybridized carbons (Fsp3) is 0.200. The molecule has 0 spiro atoms. The van der Waals surface area contributed by atoms with Crippen LogP contribution in [0.25, 0.3) is 10.9 Å². The normalized spacial score (nSPS) is 10.6. The maximum atomic E-state index is 5.79. The number of anilines is 1. The molecule has 0 radical (unpaired) electrons. The van der Waals surface area contributed by atoms with Gasteiger partial charge in [-0.05, 0) is 18.2 Å². The molecule has 13 heavy (non-hydrogen) atoms. The lowest BCUT2D eigenvalue weighted by atomic mass is 10.2. The van der Waals surface area contributed by atoms with Gasteiger partial charge in [-0.15, -0.1) is 0 Å². The standard InChI is InChI=1S/C10H12N2O/c1-12-4-3-7-5-10(13-2)8(11)6-9(7)12/h3-6H,11H2,1-2H3. The Bertz CT molecular complexity index is 445. The lowest BCUT2D eigenvalue weighted by Gasteiger charge is -2.04. The predicted molar refractivity (Wildman–Crippen MR) is 53.9 cm³/mol. The highest BCUT2D eigenvalue weighted by molar-refractivity contribution is 5.86. The molecule has 0 bridgehead atoms. The summed E-state index contributed by atoms with van der Waals surface area (Å²) in [6.07, 6.45) is 2.00. The van der Waals surface area contributed by atoms with Crippen LogP contribution in [0.4, 0.5) is 5.69 Å². The van der Waals surface area contributed by atoms with Crippen LogP contribution in [0.1, 0.15) is 0 Å². The minimum absolute atomic E-state index is 0.678. The summed E-state index contributed by atoms with van der Waals surface area (Å²) in [5.41, 5.74) is 7.59. The molecule has 0 unspecified atom stereocenters. The molecule has 2 N–H and O–H groups in total. The monoisotopic (exact) mass is 176 g/mol. The Kier molecular flexibility index (Phi) is 1.65. The topological polar surface area (TPSA) is 40.2 Å². The van der Waals surface area contributed by atoms with E-state index in [1.54, 1.807) is 7.11 Å². The number of nitrogen functional groups attached to an aromatic ring is 1. The average molecular weight is 176 g/mol. The zero-order chi connectivity index (χ0) is 9.42. The molecule has 68 valence electrons. The second-order valence-electron chi connectivity index (χ2n) is 3.08. The molecule has 1 heterocycles. The van der Waals surface area contributed by atoms with E-state index in [9.17, 15) is 0 Å². The van der Waals surface area contributed by atoms with Gasteiger partial charge in [0, 0.05) is 18.6 Å². The van der Waals surface area contributed by atoms with Gasteiger partial charge in [0.15, 0.2) is 0 Å². The van der Waals surface area contributed by atoms with E-state index in [4.69, 9.17) is 10.5 Å². The molecule has 3 nitrogen and oxygen atoms in total. The van der Waals surface area contributed by atoms with Crippen LogP contribution in [0.15, 0.2) is 24.4 Å². The van der Waals surface area contributed by atoms with Gasteiger partial charge in [0.2, 0.25) is 0 Å². The van der Waals surface area contributed by atoms with Gasteiger partial charge in [-0.2, -0.15) is 0 Å². The number of benzene rings is 1. The van der Waals surface area contributed by atoms with Crippen LogP contribution in [0.2, 0.25) is 0 Å². The van der Waals surface area contributed by atoms with Crippen LogP contribution in [0.5, 0.6) is 5.75 Å². The number of rotatable bonds is 1. The number of methoxy groups -OCH3 is 1. The molecule has 1 aromatic carbocycles. The molecule has 0 aliphatic heterocycles. The van der Waals surface area contributed by atoms with Crippen molar-refractivity contribution in [1.29, 1.82) is 0 Å². The van der Waals surface area contributed by atoms with Crippen molar-refractivity contribution >= 4 is 16.6 Å². The first-order chi connectivity index (χ1) is 6.22. The zero-order valence-electron chi connectivity index (χ0n) is 7.74. The van der Waals surface area contributed by atoms with Crippen molar-refractivity contribution in [2.45, 2.75) is 0 Å². The lowest BCUT2D eigenvalue weighted by molar-refractivity contribution is 0.417. The highest BCUT2D eigenvalue weighted by Gasteiger charge is 2.03. The highest BCUT2D eigenvalue weighted by Crippen LogP contribution is 2.27. The van der Waals surface area contributed by atoms with E-state index in [1.807, 2.05) is 36.0 Å². The van der Waals surface area contributed by atoms with Gasteiger partial charge < -0.3 is 15.0 Å². The molecule has 3 heteroatoms. The van der Waals surface area contributed by atoms with E-state index >= 15 is 0 Å². The van der Waals surface area contributed by atoms with Crippen LogP contribution >= 0.6 is 0 Å². The largest absolute Gasteiger partial charge is 0.495 e. The number of aromatic nitrogens is 1. The SMILES string of the molecule is COc1cc2ccn(C)c2cc1N. The number of ether oxygens (including phenoxy) is 1. The summed E-state index contributed by atoms with van der Waals surface area (Å²) in [5, 5.41) is 1.15. The van der Waals surface area contributed by atoms with Crippen LogP contribution in [-0.4, -0.2) is 11.7 Å². The van der Waals surface area contributed by atoms with Crippen LogP contribution < -0.4 is 10.5 Å². The van der Waals surface area contributed by atoms with Crippen molar-refractivity contribution in [3.05, 3.63) is 24.4 Å². The molecule has 1 aromatic heterocycles. The van der Waals surface area contributed by atoms with E-state index in [0.717, 1.165) is 16.7 Å². The van der Waals surface area contributed by atoms with Gasteiger partial charge in [0.05, 0.1) is 18.3 Å². The predicted octanol–water partition coefficient (Wildman–Crippen LogP) is 1.77. The van der Waals surface area contributed by atoms with Crippen LogP contribution in [-0.2, 0) is 7.05 Å². The summed E-state index contributed by atoms with van der Waals surface area (Å²) in [6.45, 7) is 0. The Morgan fingerprint density at radius 2 is 2.15 bits per heavy atom.